The number of halogens is 2. The number of aryl methyl sites for hydroxylation is 1. The van der Waals surface area contributed by atoms with Crippen LogP contribution in [0.5, 0.6) is 5.75 Å². The summed E-state index contributed by atoms with van der Waals surface area (Å²) >= 11 is 0. The Morgan fingerprint density at radius 1 is 1.44 bits per heavy atom. The fourth-order valence-corrected chi connectivity index (χ4v) is 2.71. The van der Waals surface area contributed by atoms with Gasteiger partial charge in [0.05, 0.1) is 12.2 Å². The van der Waals surface area contributed by atoms with Crippen molar-refractivity contribution in [3.05, 3.63) is 11.9 Å². The van der Waals surface area contributed by atoms with E-state index in [-0.39, 0.29) is 17.2 Å². The first-order valence-electron chi connectivity index (χ1n) is 6.16. The first-order valence-corrected chi connectivity index (χ1v) is 6.16. The van der Waals surface area contributed by atoms with Gasteiger partial charge in [-0.15, -0.1) is 0 Å². The second-order valence-corrected chi connectivity index (χ2v) is 5.27. The average molecular weight is 259 g/mol. The fraction of sp³-hybridized carbons (Fsp3) is 0.750. The normalized spacial score (nSPS) is 20.3. The van der Waals surface area contributed by atoms with Crippen molar-refractivity contribution in [2.45, 2.75) is 45.3 Å². The molecule has 0 unspecified atom stereocenters. The number of ether oxygens (including phenoxy) is 1. The molecule has 18 heavy (non-hydrogen) atoms. The second kappa shape index (κ2) is 4.84. The molecule has 1 saturated carbocycles. The molecule has 1 aliphatic carbocycles. The minimum Gasteiger partial charge on any atom is -0.431 e. The molecule has 0 amide bonds. The molecule has 1 aliphatic rings. The molecule has 6 heteroatoms. The van der Waals surface area contributed by atoms with Crippen LogP contribution in [0.3, 0.4) is 0 Å². The van der Waals surface area contributed by atoms with Crippen LogP contribution in [0.1, 0.15) is 44.3 Å². The third-order valence-electron chi connectivity index (χ3n) is 3.83. The maximum Gasteiger partial charge on any atom is 0.387 e. The largest absolute Gasteiger partial charge is 0.431 e. The summed E-state index contributed by atoms with van der Waals surface area (Å²) in [6, 6.07) is -0.366. The molecule has 1 heterocycles. The Hall–Kier alpha value is -1.17. The van der Waals surface area contributed by atoms with Crippen molar-refractivity contribution in [3.63, 3.8) is 0 Å². The molecule has 1 aromatic rings. The van der Waals surface area contributed by atoms with E-state index in [1.165, 1.54) is 10.9 Å². The molecule has 0 aromatic carbocycles. The molecule has 102 valence electrons. The smallest absolute Gasteiger partial charge is 0.387 e. The van der Waals surface area contributed by atoms with Gasteiger partial charge in [-0.1, -0.05) is 19.8 Å². The third kappa shape index (κ3) is 2.48. The number of nitrogens with two attached hydrogens (primary N) is 1. The van der Waals surface area contributed by atoms with Gasteiger partial charge in [0.25, 0.3) is 0 Å². The van der Waals surface area contributed by atoms with E-state index < -0.39 is 6.61 Å². The standard InChI is InChI=1S/C12H19F2N3O/c1-12(5-3-4-6-12)10(15)9-8(18-11(13)14)7-17(2)16-9/h7,10-11H,3-6,15H2,1-2H3/t10-/m0/s1. The quantitative estimate of drug-likeness (QED) is 0.904. The zero-order valence-corrected chi connectivity index (χ0v) is 10.7. The molecule has 0 radical (unpaired) electrons. The van der Waals surface area contributed by atoms with E-state index in [1.54, 1.807) is 7.05 Å². The predicted octanol–water partition coefficient (Wildman–Crippen LogP) is 2.60. The summed E-state index contributed by atoms with van der Waals surface area (Å²) < 4.78 is 30.7. The highest BCUT2D eigenvalue weighted by Gasteiger charge is 2.38. The lowest BCUT2D eigenvalue weighted by molar-refractivity contribution is -0.0510. The van der Waals surface area contributed by atoms with Crippen molar-refractivity contribution in [3.8, 4) is 5.75 Å². The number of aromatic nitrogens is 2. The van der Waals surface area contributed by atoms with Gasteiger partial charge in [0.15, 0.2) is 5.75 Å². The first-order chi connectivity index (χ1) is 8.42. The van der Waals surface area contributed by atoms with Gasteiger partial charge in [0.1, 0.15) is 5.69 Å². The van der Waals surface area contributed by atoms with E-state index in [1.807, 2.05) is 0 Å². The first kappa shape index (κ1) is 13.3. The minimum absolute atomic E-state index is 0.0748. The summed E-state index contributed by atoms with van der Waals surface area (Å²) in [4.78, 5) is 0. The summed E-state index contributed by atoms with van der Waals surface area (Å²) in [5.41, 5.74) is 6.58. The van der Waals surface area contributed by atoms with Crippen LogP contribution in [0.2, 0.25) is 0 Å². The van der Waals surface area contributed by atoms with E-state index in [2.05, 4.69) is 16.8 Å². The van der Waals surface area contributed by atoms with Crippen molar-refractivity contribution in [2.24, 2.45) is 18.2 Å². The number of hydrogen-bond acceptors (Lipinski definition) is 3. The molecular weight excluding hydrogens is 240 g/mol. The third-order valence-corrected chi connectivity index (χ3v) is 3.83. The zero-order valence-electron chi connectivity index (χ0n) is 10.7. The molecule has 1 atom stereocenters. The SMILES string of the molecule is Cn1cc(OC(F)F)c([C@H](N)C2(C)CCCC2)n1. The summed E-state index contributed by atoms with van der Waals surface area (Å²) in [5.74, 6) is 0.0909. The topological polar surface area (TPSA) is 53.1 Å². The van der Waals surface area contributed by atoms with Crippen LogP contribution in [0.25, 0.3) is 0 Å². The molecule has 4 nitrogen and oxygen atoms in total. The Morgan fingerprint density at radius 2 is 2.06 bits per heavy atom. The van der Waals surface area contributed by atoms with Crippen LogP contribution in [-0.2, 0) is 7.05 Å². The van der Waals surface area contributed by atoms with Crippen LogP contribution in [-0.4, -0.2) is 16.4 Å². The number of nitrogens with zero attached hydrogens (tertiary/aromatic N) is 2. The Labute approximate surface area is 105 Å². The summed E-state index contributed by atoms with van der Waals surface area (Å²) in [6.45, 7) is -0.762. The molecular formula is C12H19F2N3O. The van der Waals surface area contributed by atoms with Crippen molar-refractivity contribution < 1.29 is 13.5 Å². The second-order valence-electron chi connectivity index (χ2n) is 5.27. The van der Waals surface area contributed by atoms with Crippen molar-refractivity contribution in [2.75, 3.05) is 0 Å². The van der Waals surface area contributed by atoms with Crippen LogP contribution in [0.4, 0.5) is 8.78 Å². The highest BCUT2D eigenvalue weighted by Crippen LogP contribution is 2.47. The number of rotatable bonds is 4. The maximum atomic E-state index is 12.3. The van der Waals surface area contributed by atoms with Crippen molar-refractivity contribution in [1.82, 2.24) is 9.78 Å². The van der Waals surface area contributed by atoms with E-state index in [0.717, 1.165) is 25.7 Å². The molecule has 0 saturated heterocycles. The summed E-state index contributed by atoms with van der Waals surface area (Å²) in [6.07, 6.45) is 5.70. The Morgan fingerprint density at radius 3 is 2.61 bits per heavy atom. The van der Waals surface area contributed by atoms with E-state index in [0.29, 0.717) is 5.69 Å². The van der Waals surface area contributed by atoms with E-state index in [4.69, 9.17) is 5.73 Å². The van der Waals surface area contributed by atoms with Crippen LogP contribution < -0.4 is 10.5 Å². The van der Waals surface area contributed by atoms with Crippen molar-refractivity contribution >= 4 is 0 Å². The molecule has 2 N–H and O–H groups in total. The van der Waals surface area contributed by atoms with Crippen LogP contribution in [0.15, 0.2) is 6.20 Å². The highest BCUT2D eigenvalue weighted by atomic mass is 19.3. The van der Waals surface area contributed by atoms with Crippen LogP contribution >= 0.6 is 0 Å². The van der Waals surface area contributed by atoms with Gasteiger partial charge >= 0.3 is 6.61 Å². The highest BCUT2D eigenvalue weighted by molar-refractivity contribution is 5.29. The molecule has 0 spiro atoms. The van der Waals surface area contributed by atoms with Gasteiger partial charge in [-0.3, -0.25) is 4.68 Å². The summed E-state index contributed by atoms with van der Waals surface area (Å²) in [5, 5.41) is 4.19. The lowest BCUT2D eigenvalue weighted by Crippen LogP contribution is -2.30. The molecule has 1 aromatic heterocycles. The van der Waals surface area contributed by atoms with Crippen LogP contribution in [0, 0.1) is 5.41 Å². The number of alkyl halides is 2. The van der Waals surface area contributed by atoms with Crippen molar-refractivity contribution in [1.29, 1.82) is 0 Å². The van der Waals surface area contributed by atoms with Gasteiger partial charge in [-0.25, -0.2) is 0 Å². The fourth-order valence-electron chi connectivity index (χ4n) is 2.71. The molecule has 0 aliphatic heterocycles. The molecule has 1 fully saturated rings. The van der Waals surface area contributed by atoms with Gasteiger partial charge < -0.3 is 10.5 Å². The Bertz CT molecular complexity index is 413. The number of hydrogen-bond donors (Lipinski definition) is 1. The van der Waals surface area contributed by atoms with Gasteiger partial charge in [-0.05, 0) is 18.3 Å². The molecule has 2 rings (SSSR count). The van der Waals surface area contributed by atoms with Gasteiger partial charge in [-0.2, -0.15) is 13.9 Å². The Kier molecular flexibility index (Phi) is 3.56. The monoisotopic (exact) mass is 259 g/mol. The lowest BCUT2D eigenvalue weighted by Gasteiger charge is -2.30. The summed E-state index contributed by atoms with van der Waals surface area (Å²) in [7, 11) is 1.67. The predicted molar refractivity (Wildman–Crippen MR) is 63.3 cm³/mol. The molecule has 0 bridgehead atoms. The van der Waals surface area contributed by atoms with Gasteiger partial charge in [0, 0.05) is 7.05 Å². The van der Waals surface area contributed by atoms with Gasteiger partial charge in [0.2, 0.25) is 0 Å². The van der Waals surface area contributed by atoms with E-state index in [9.17, 15) is 8.78 Å². The average Bonchev–Trinajstić information content (AvgIpc) is 2.85. The minimum atomic E-state index is -2.85. The maximum absolute atomic E-state index is 12.3. The lowest BCUT2D eigenvalue weighted by atomic mass is 9.79. The zero-order chi connectivity index (χ0) is 13.3. The van der Waals surface area contributed by atoms with E-state index >= 15 is 0 Å². The Balaban J connectivity index is 2.26.